The number of nitrogens with zero attached hydrogens (tertiary/aromatic N) is 2. The van der Waals surface area contributed by atoms with Crippen LogP contribution in [0.25, 0.3) is 0 Å². The van der Waals surface area contributed by atoms with Gasteiger partial charge in [-0.25, -0.2) is 0 Å². The van der Waals surface area contributed by atoms with E-state index in [1.165, 1.54) is 19.4 Å². The molecule has 1 N–H and O–H groups in total. The Hall–Kier alpha value is -0.160. The first-order chi connectivity index (χ1) is 8.29. The number of likely N-dealkylation sites (N-methyl/N-ethyl adjacent to an activating group) is 2. The molecule has 2 rings (SSSR count). The molecule has 0 aromatic heterocycles. The molecular weight excluding hydrogens is 214 g/mol. The average molecular weight is 241 g/mol. The standard InChI is InChI=1S/C13H27N3O/c1-3-16(12-5-4-6-14-9-12)11-13-10-15(2)7-8-17-13/h12-14H,3-11H2,1-2H3. The maximum absolute atomic E-state index is 5.87. The molecule has 2 heterocycles. The summed E-state index contributed by atoms with van der Waals surface area (Å²) in [4.78, 5) is 4.97. The van der Waals surface area contributed by atoms with Gasteiger partial charge in [-0.3, -0.25) is 4.90 Å². The highest BCUT2D eigenvalue weighted by Gasteiger charge is 2.25. The van der Waals surface area contributed by atoms with Gasteiger partial charge in [-0.15, -0.1) is 0 Å². The molecule has 100 valence electrons. The first-order valence-corrected chi connectivity index (χ1v) is 7.04. The molecule has 0 aromatic carbocycles. The zero-order valence-electron chi connectivity index (χ0n) is 11.3. The van der Waals surface area contributed by atoms with Crippen molar-refractivity contribution in [1.82, 2.24) is 15.1 Å². The maximum atomic E-state index is 5.87. The van der Waals surface area contributed by atoms with E-state index in [0.717, 1.165) is 39.3 Å². The number of rotatable bonds is 4. The van der Waals surface area contributed by atoms with Crippen molar-refractivity contribution in [1.29, 1.82) is 0 Å². The Balaban J connectivity index is 1.81. The Morgan fingerprint density at radius 3 is 3.00 bits per heavy atom. The zero-order chi connectivity index (χ0) is 12.1. The zero-order valence-corrected chi connectivity index (χ0v) is 11.3. The Morgan fingerprint density at radius 1 is 1.47 bits per heavy atom. The van der Waals surface area contributed by atoms with Gasteiger partial charge in [-0.05, 0) is 33.0 Å². The smallest absolute Gasteiger partial charge is 0.0829 e. The van der Waals surface area contributed by atoms with Crippen molar-refractivity contribution in [2.24, 2.45) is 0 Å². The Morgan fingerprint density at radius 2 is 2.35 bits per heavy atom. The van der Waals surface area contributed by atoms with Gasteiger partial charge in [0, 0.05) is 32.2 Å². The summed E-state index contributed by atoms with van der Waals surface area (Å²) in [5.74, 6) is 0. The molecule has 0 spiro atoms. The third-order valence-corrected chi connectivity index (χ3v) is 3.97. The van der Waals surface area contributed by atoms with Gasteiger partial charge in [0.15, 0.2) is 0 Å². The quantitative estimate of drug-likeness (QED) is 0.771. The number of hydrogen-bond donors (Lipinski definition) is 1. The number of ether oxygens (including phenoxy) is 1. The van der Waals surface area contributed by atoms with Crippen LogP contribution in [0.1, 0.15) is 19.8 Å². The SMILES string of the molecule is CCN(CC1CN(C)CCO1)C1CCCNC1. The number of hydrogen-bond acceptors (Lipinski definition) is 4. The highest BCUT2D eigenvalue weighted by Crippen LogP contribution is 2.13. The van der Waals surface area contributed by atoms with Gasteiger partial charge < -0.3 is 15.0 Å². The van der Waals surface area contributed by atoms with Gasteiger partial charge >= 0.3 is 0 Å². The summed E-state index contributed by atoms with van der Waals surface area (Å²) >= 11 is 0. The van der Waals surface area contributed by atoms with E-state index >= 15 is 0 Å². The molecule has 0 aliphatic carbocycles. The maximum Gasteiger partial charge on any atom is 0.0829 e. The third kappa shape index (κ3) is 3.91. The largest absolute Gasteiger partial charge is 0.374 e. The van der Waals surface area contributed by atoms with E-state index in [1.54, 1.807) is 0 Å². The van der Waals surface area contributed by atoms with Crippen LogP contribution in [0.2, 0.25) is 0 Å². The van der Waals surface area contributed by atoms with Crippen molar-refractivity contribution in [2.75, 3.05) is 52.9 Å². The number of nitrogens with one attached hydrogen (secondary N) is 1. The predicted octanol–water partition coefficient (Wildman–Crippen LogP) is 0.391. The Bertz CT molecular complexity index is 219. The molecule has 17 heavy (non-hydrogen) atoms. The molecule has 4 nitrogen and oxygen atoms in total. The molecule has 0 aromatic rings. The average Bonchev–Trinajstić information content (AvgIpc) is 2.37. The molecule has 4 heteroatoms. The molecule has 0 bridgehead atoms. The lowest BCUT2D eigenvalue weighted by Gasteiger charge is -2.38. The monoisotopic (exact) mass is 241 g/mol. The second-order valence-electron chi connectivity index (χ2n) is 5.34. The van der Waals surface area contributed by atoms with Crippen molar-refractivity contribution in [3.8, 4) is 0 Å². The van der Waals surface area contributed by atoms with Crippen molar-refractivity contribution < 1.29 is 4.74 Å². The van der Waals surface area contributed by atoms with Crippen LogP contribution >= 0.6 is 0 Å². The van der Waals surface area contributed by atoms with Gasteiger partial charge in [0.2, 0.25) is 0 Å². The van der Waals surface area contributed by atoms with Gasteiger partial charge in [-0.2, -0.15) is 0 Å². The van der Waals surface area contributed by atoms with E-state index in [0.29, 0.717) is 12.1 Å². The fourth-order valence-corrected chi connectivity index (χ4v) is 2.92. The highest BCUT2D eigenvalue weighted by molar-refractivity contribution is 4.81. The lowest BCUT2D eigenvalue weighted by atomic mass is 10.1. The Labute approximate surface area is 105 Å². The molecule has 2 fully saturated rings. The van der Waals surface area contributed by atoms with Gasteiger partial charge in [0.05, 0.1) is 12.7 Å². The van der Waals surface area contributed by atoms with E-state index in [1.807, 2.05) is 0 Å². The molecular formula is C13H27N3O. The fraction of sp³-hybridized carbons (Fsp3) is 1.00. The van der Waals surface area contributed by atoms with E-state index in [2.05, 4.69) is 29.1 Å². The topological polar surface area (TPSA) is 27.7 Å². The van der Waals surface area contributed by atoms with Crippen LogP contribution in [0, 0.1) is 0 Å². The molecule has 2 unspecified atom stereocenters. The molecule has 0 radical (unpaired) electrons. The van der Waals surface area contributed by atoms with Crippen LogP contribution < -0.4 is 5.32 Å². The van der Waals surface area contributed by atoms with Crippen molar-refractivity contribution in [3.63, 3.8) is 0 Å². The summed E-state index contributed by atoms with van der Waals surface area (Å²) in [5, 5.41) is 3.50. The minimum absolute atomic E-state index is 0.399. The summed E-state index contributed by atoms with van der Waals surface area (Å²) < 4.78 is 5.87. The van der Waals surface area contributed by atoms with Gasteiger partial charge in [0.1, 0.15) is 0 Å². The summed E-state index contributed by atoms with van der Waals surface area (Å²) in [7, 11) is 2.19. The third-order valence-electron chi connectivity index (χ3n) is 3.97. The molecule has 0 saturated carbocycles. The van der Waals surface area contributed by atoms with Crippen LogP contribution in [0.3, 0.4) is 0 Å². The molecule has 0 amide bonds. The lowest BCUT2D eigenvalue weighted by Crippen LogP contribution is -2.52. The lowest BCUT2D eigenvalue weighted by molar-refractivity contribution is -0.0419. The van der Waals surface area contributed by atoms with Crippen molar-refractivity contribution in [2.45, 2.75) is 31.9 Å². The number of morpholine rings is 1. The first-order valence-electron chi connectivity index (χ1n) is 7.04. The van der Waals surface area contributed by atoms with E-state index in [-0.39, 0.29) is 0 Å². The molecule has 2 atom stereocenters. The van der Waals surface area contributed by atoms with Crippen LogP contribution in [-0.4, -0.2) is 74.9 Å². The fourth-order valence-electron chi connectivity index (χ4n) is 2.92. The second kappa shape index (κ2) is 6.69. The molecule has 2 saturated heterocycles. The summed E-state index contributed by atoms with van der Waals surface area (Å²) in [6.45, 7) is 9.88. The molecule has 2 aliphatic heterocycles. The van der Waals surface area contributed by atoms with Gasteiger partial charge in [0.25, 0.3) is 0 Å². The van der Waals surface area contributed by atoms with E-state index < -0.39 is 0 Å². The van der Waals surface area contributed by atoms with E-state index in [9.17, 15) is 0 Å². The number of piperidine rings is 1. The summed E-state index contributed by atoms with van der Waals surface area (Å²) in [6.07, 6.45) is 3.05. The van der Waals surface area contributed by atoms with Crippen LogP contribution in [0.4, 0.5) is 0 Å². The van der Waals surface area contributed by atoms with Crippen molar-refractivity contribution in [3.05, 3.63) is 0 Å². The summed E-state index contributed by atoms with van der Waals surface area (Å²) in [6, 6.07) is 0.713. The van der Waals surface area contributed by atoms with Crippen LogP contribution in [0.15, 0.2) is 0 Å². The Kier molecular flexibility index (Phi) is 5.22. The second-order valence-corrected chi connectivity index (χ2v) is 5.34. The highest BCUT2D eigenvalue weighted by atomic mass is 16.5. The van der Waals surface area contributed by atoms with Gasteiger partial charge in [-0.1, -0.05) is 6.92 Å². The minimum Gasteiger partial charge on any atom is -0.374 e. The predicted molar refractivity (Wildman–Crippen MR) is 70.4 cm³/mol. The molecule has 2 aliphatic rings. The van der Waals surface area contributed by atoms with E-state index in [4.69, 9.17) is 4.74 Å². The normalized spacial score (nSPS) is 31.9. The van der Waals surface area contributed by atoms with Crippen molar-refractivity contribution >= 4 is 0 Å². The summed E-state index contributed by atoms with van der Waals surface area (Å²) in [5.41, 5.74) is 0. The first kappa shape index (κ1) is 13.3. The van der Waals surface area contributed by atoms with Crippen LogP contribution in [0.5, 0.6) is 0 Å². The van der Waals surface area contributed by atoms with Crippen LogP contribution in [-0.2, 0) is 4.74 Å². The minimum atomic E-state index is 0.399.